The minimum Gasteiger partial charge on any atom is -0.480 e. The van der Waals surface area contributed by atoms with E-state index in [1.165, 1.54) is 0 Å². The zero-order valence-electron chi connectivity index (χ0n) is 11.0. The first-order valence-electron chi connectivity index (χ1n) is 6.28. The monoisotopic (exact) mass is 376 g/mol. The Morgan fingerprint density at radius 1 is 1.33 bits per heavy atom. The van der Waals surface area contributed by atoms with Crippen molar-refractivity contribution in [2.75, 3.05) is 18.5 Å². The van der Waals surface area contributed by atoms with Crippen LogP contribution in [-0.2, 0) is 9.53 Å². The molecule has 1 aliphatic rings. The molecule has 2 rings (SSSR count). The van der Waals surface area contributed by atoms with Gasteiger partial charge in [-0.1, -0.05) is 27.5 Å². The Bertz CT molecular complexity index is 561. The average Bonchev–Trinajstić information content (AvgIpc) is 2.43. The highest BCUT2D eigenvalue weighted by Gasteiger charge is 2.41. The summed E-state index contributed by atoms with van der Waals surface area (Å²) in [4.78, 5) is 23.5. The number of urea groups is 1. The number of halogens is 2. The van der Waals surface area contributed by atoms with Gasteiger partial charge in [0, 0.05) is 30.5 Å². The summed E-state index contributed by atoms with van der Waals surface area (Å²) >= 11 is 9.27. The fourth-order valence-corrected chi connectivity index (χ4v) is 2.79. The second kappa shape index (κ2) is 6.64. The smallest absolute Gasteiger partial charge is 0.329 e. The van der Waals surface area contributed by atoms with E-state index in [0.717, 1.165) is 4.47 Å². The van der Waals surface area contributed by atoms with Crippen LogP contribution >= 0.6 is 27.5 Å². The van der Waals surface area contributed by atoms with Crippen LogP contribution in [-0.4, -0.2) is 35.9 Å². The van der Waals surface area contributed by atoms with Crippen molar-refractivity contribution in [2.45, 2.75) is 18.4 Å². The van der Waals surface area contributed by atoms with Crippen molar-refractivity contribution in [3.63, 3.8) is 0 Å². The highest BCUT2D eigenvalue weighted by atomic mass is 79.9. The van der Waals surface area contributed by atoms with Crippen LogP contribution in [0.2, 0.25) is 5.02 Å². The molecule has 0 bridgehead atoms. The molecule has 1 aromatic rings. The lowest BCUT2D eigenvalue weighted by molar-refractivity contribution is -0.148. The van der Waals surface area contributed by atoms with E-state index in [-0.39, 0.29) is 12.8 Å². The quantitative estimate of drug-likeness (QED) is 0.756. The molecule has 1 aromatic carbocycles. The SMILES string of the molecule is O=C(Nc1ccc(Br)cc1Cl)NC1(C(=O)O)CCOCC1. The number of carbonyl (C=O) groups excluding carboxylic acids is 1. The molecule has 1 fully saturated rings. The average molecular weight is 378 g/mol. The van der Waals surface area contributed by atoms with E-state index in [0.29, 0.717) is 23.9 Å². The summed E-state index contributed by atoms with van der Waals surface area (Å²) < 4.78 is 5.93. The molecule has 21 heavy (non-hydrogen) atoms. The molecule has 6 nitrogen and oxygen atoms in total. The number of aliphatic carboxylic acids is 1. The highest BCUT2D eigenvalue weighted by molar-refractivity contribution is 9.10. The molecule has 1 heterocycles. The van der Waals surface area contributed by atoms with Crippen LogP contribution in [0.1, 0.15) is 12.8 Å². The van der Waals surface area contributed by atoms with Gasteiger partial charge in [-0.25, -0.2) is 9.59 Å². The Morgan fingerprint density at radius 3 is 2.57 bits per heavy atom. The van der Waals surface area contributed by atoms with Gasteiger partial charge in [0.2, 0.25) is 0 Å². The molecule has 0 spiro atoms. The van der Waals surface area contributed by atoms with Crippen molar-refractivity contribution in [3.05, 3.63) is 27.7 Å². The second-order valence-corrected chi connectivity index (χ2v) is 6.03. The van der Waals surface area contributed by atoms with Gasteiger partial charge in [0.05, 0.1) is 10.7 Å². The summed E-state index contributed by atoms with van der Waals surface area (Å²) in [7, 11) is 0. The number of carbonyl (C=O) groups is 2. The van der Waals surface area contributed by atoms with Crippen LogP contribution in [0.4, 0.5) is 10.5 Å². The minimum atomic E-state index is -1.30. The van der Waals surface area contributed by atoms with Crippen LogP contribution in [0.25, 0.3) is 0 Å². The Hall–Kier alpha value is -1.31. The Balaban J connectivity index is 2.07. The van der Waals surface area contributed by atoms with Gasteiger partial charge in [-0.3, -0.25) is 0 Å². The molecular formula is C13H14BrClN2O4. The maximum atomic E-state index is 12.0. The molecule has 0 radical (unpaired) electrons. The van der Waals surface area contributed by atoms with Crippen LogP contribution in [0, 0.1) is 0 Å². The van der Waals surface area contributed by atoms with Gasteiger partial charge in [-0.05, 0) is 18.2 Å². The summed E-state index contributed by atoms with van der Waals surface area (Å²) in [5, 5.41) is 14.8. The first-order valence-corrected chi connectivity index (χ1v) is 7.45. The molecule has 0 saturated carbocycles. The third-order valence-corrected chi connectivity index (χ3v) is 4.09. The van der Waals surface area contributed by atoms with Gasteiger partial charge in [0.15, 0.2) is 0 Å². The van der Waals surface area contributed by atoms with Gasteiger partial charge < -0.3 is 20.5 Å². The molecule has 0 atom stereocenters. The zero-order valence-corrected chi connectivity index (χ0v) is 13.3. The van der Waals surface area contributed by atoms with Gasteiger partial charge >= 0.3 is 12.0 Å². The predicted octanol–water partition coefficient (Wildman–Crippen LogP) is 2.86. The molecule has 0 aliphatic carbocycles. The molecule has 3 N–H and O–H groups in total. The number of amides is 2. The molecule has 1 saturated heterocycles. The number of benzene rings is 1. The van der Waals surface area contributed by atoms with E-state index in [4.69, 9.17) is 16.3 Å². The van der Waals surface area contributed by atoms with Crippen molar-refractivity contribution in [2.24, 2.45) is 0 Å². The third kappa shape index (κ3) is 3.87. The summed E-state index contributed by atoms with van der Waals surface area (Å²) in [5.74, 6) is -1.07. The topological polar surface area (TPSA) is 87.7 Å². The van der Waals surface area contributed by atoms with Gasteiger partial charge in [0.25, 0.3) is 0 Å². The van der Waals surface area contributed by atoms with Gasteiger partial charge in [-0.2, -0.15) is 0 Å². The van der Waals surface area contributed by atoms with Crippen LogP contribution < -0.4 is 10.6 Å². The predicted molar refractivity (Wildman–Crippen MR) is 81.7 cm³/mol. The number of carboxylic acid groups (broad SMARTS) is 1. The third-order valence-electron chi connectivity index (χ3n) is 3.29. The Labute approximate surface area is 134 Å². The summed E-state index contributed by atoms with van der Waals surface area (Å²) in [6.45, 7) is 0.594. The second-order valence-electron chi connectivity index (χ2n) is 4.70. The molecule has 8 heteroatoms. The number of anilines is 1. The van der Waals surface area contributed by atoms with Crippen molar-refractivity contribution >= 4 is 45.2 Å². The lowest BCUT2D eigenvalue weighted by atomic mass is 9.90. The highest BCUT2D eigenvalue weighted by Crippen LogP contribution is 2.26. The van der Waals surface area contributed by atoms with E-state index in [1.807, 2.05) is 0 Å². The summed E-state index contributed by atoms with van der Waals surface area (Å²) in [6.07, 6.45) is 0.452. The van der Waals surface area contributed by atoms with Crippen LogP contribution in [0.5, 0.6) is 0 Å². The number of hydrogen-bond donors (Lipinski definition) is 3. The number of hydrogen-bond acceptors (Lipinski definition) is 3. The molecule has 0 aromatic heterocycles. The Morgan fingerprint density at radius 2 is 2.00 bits per heavy atom. The first kappa shape index (κ1) is 16.1. The van der Waals surface area contributed by atoms with Gasteiger partial charge in [-0.15, -0.1) is 0 Å². The maximum Gasteiger partial charge on any atom is 0.329 e. The minimum absolute atomic E-state index is 0.226. The lowest BCUT2D eigenvalue weighted by Gasteiger charge is -2.33. The van der Waals surface area contributed by atoms with Crippen molar-refractivity contribution in [1.82, 2.24) is 5.32 Å². The van der Waals surface area contributed by atoms with Crippen molar-refractivity contribution in [1.29, 1.82) is 0 Å². The maximum absolute atomic E-state index is 12.0. The first-order chi connectivity index (χ1) is 9.93. The van der Waals surface area contributed by atoms with Crippen LogP contribution in [0.3, 0.4) is 0 Å². The van der Waals surface area contributed by atoms with Gasteiger partial charge in [0.1, 0.15) is 5.54 Å². The normalized spacial score (nSPS) is 17.0. The Kier molecular flexibility index (Phi) is 5.08. The zero-order chi connectivity index (χ0) is 15.5. The lowest BCUT2D eigenvalue weighted by Crippen LogP contribution is -2.58. The van der Waals surface area contributed by atoms with E-state index in [9.17, 15) is 14.7 Å². The number of nitrogens with one attached hydrogen (secondary N) is 2. The summed E-state index contributed by atoms with van der Waals surface area (Å²) in [5.41, 5.74) is -0.894. The van der Waals surface area contributed by atoms with Crippen molar-refractivity contribution in [3.8, 4) is 0 Å². The van der Waals surface area contributed by atoms with E-state index in [1.54, 1.807) is 18.2 Å². The van der Waals surface area contributed by atoms with E-state index < -0.39 is 17.5 Å². The molecular weight excluding hydrogens is 364 g/mol. The standard InChI is InChI=1S/C13H14BrClN2O4/c14-8-1-2-10(9(15)7-8)16-12(20)17-13(11(18)19)3-5-21-6-4-13/h1-2,7H,3-6H2,(H,18,19)(H2,16,17,20). The molecule has 1 aliphatic heterocycles. The number of ether oxygens (including phenoxy) is 1. The molecule has 114 valence electrons. The molecule has 0 unspecified atom stereocenters. The fourth-order valence-electron chi connectivity index (χ4n) is 2.07. The van der Waals surface area contributed by atoms with Crippen molar-refractivity contribution < 1.29 is 19.4 Å². The molecule has 2 amide bonds. The van der Waals surface area contributed by atoms with E-state index >= 15 is 0 Å². The number of rotatable bonds is 3. The van der Waals surface area contributed by atoms with Crippen LogP contribution in [0.15, 0.2) is 22.7 Å². The fraction of sp³-hybridized carbons (Fsp3) is 0.385. The largest absolute Gasteiger partial charge is 0.480 e. The summed E-state index contributed by atoms with van der Waals surface area (Å²) in [6, 6.07) is 4.38. The van der Waals surface area contributed by atoms with E-state index in [2.05, 4.69) is 26.6 Å². The number of carboxylic acids is 1.